The third kappa shape index (κ3) is 2.96. The van der Waals surface area contributed by atoms with Gasteiger partial charge < -0.3 is 15.4 Å². The summed E-state index contributed by atoms with van der Waals surface area (Å²) in [4.78, 5) is 0. The highest BCUT2D eigenvalue weighted by Crippen LogP contribution is 2.35. The molecule has 1 aromatic rings. The molecule has 1 aromatic carbocycles. The third-order valence-electron chi connectivity index (χ3n) is 4.69. The maximum absolute atomic E-state index is 5.29. The Morgan fingerprint density at radius 2 is 2.15 bits per heavy atom. The molecule has 1 heterocycles. The van der Waals surface area contributed by atoms with Gasteiger partial charge in [-0.25, -0.2) is 0 Å². The number of anilines is 1. The number of rotatable bonds is 4. The molecule has 2 N–H and O–H groups in total. The number of methoxy groups -OCH3 is 1. The number of benzene rings is 1. The summed E-state index contributed by atoms with van der Waals surface area (Å²) in [6, 6.07) is 7.57. The maximum atomic E-state index is 5.29. The molecule has 0 spiro atoms. The monoisotopic (exact) mass is 338 g/mol. The average Bonchev–Trinajstić information content (AvgIpc) is 3.09. The van der Waals surface area contributed by atoms with Crippen LogP contribution in [0.1, 0.15) is 32.1 Å². The molecule has 0 radical (unpaired) electrons. The van der Waals surface area contributed by atoms with Crippen LogP contribution in [0.3, 0.4) is 0 Å². The van der Waals surface area contributed by atoms with Gasteiger partial charge in [-0.1, -0.05) is 6.42 Å². The SMILES string of the molecule is COc1ccc(NC2CCCC2C2CCCN2)cc1Br. The van der Waals surface area contributed by atoms with E-state index in [1.807, 2.05) is 6.07 Å². The van der Waals surface area contributed by atoms with Crippen LogP contribution in [0.5, 0.6) is 5.75 Å². The van der Waals surface area contributed by atoms with Gasteiger partial charge in [-0.15, -0.1) is 0 Å². The van der Waals surface area contributed by atoms with Gasteiger partial charge in [0, 0.05) is 17.8 Å². The highest BCUT2D eigenvalue weighted by Gasteiger charge is 2.34. The third-order valence-corrected chi connectivity index (χ3v) is 5.31. The minimum absolute atomic E-state index is 0.603. The number of hydrogen-bond donors (Lipinski definition) is 2. The van der Waals surface area contributed by atoms with E-state index in [0.29, 0.717) is 6.04 Å². The molecule has 0 amide bonds. The van der Waals surface area contributed by atoms with Crippen molar-refractivity contribution in [2.75, 3.05) is 19.0 Å². The molecule has 0 bridgehead atoms. The number of ether oxygens (including phenoxy) is 1. The van der Waals surface area contributed by atoms with E-state index >= 15 is 0 Å². The second-order valence-corrected chi connectivity index (χ2v) is 6.75. The average molecular weight is 339 g/mol. The molecule has 0 aromatic heterocycles. The predicted octanol–water partition coefficient (Wildman–Crippen LogP) is 3.79. The Balaban J connectivity index is 1.68. The molecule has 3 rings (SSSR count). The summed E-state index contributed by atoms with van der Waals surface area (Å²) in [7, 11) is 1.70. The van der Waals surface area contributed by atoms with E-state index in [4.69, 9.17) is 4.74 Å². The van der Waals surface area contributed by atoms with E-state index in [1.165, 1.54) is 44.3 Å². The summed E-state index contributed by atoms with van der Waals surface area (Å²) < 4.78 is 6.30. The molecule has 1 saturated carbocycles. The number of hydrogen-bond acceptors (Lipinski definition) is 3. The van der Waals surface area contributed by atoms with Crippen LogP contribution in [-0.4, -0.2) is 25.7 Å². The zero-order valence-electron chi connectivity index (χ0n) is 12.0. The van der Waals surface area contributed by atoms with Crippen LogP contribution in [-0.2, 0) is 0 Å². The second-order valence-electron chi connectivity index (χ2n) is 5.90. The number of nitrogens with one attached hydrogen (secondary N) is 2. The molecular formula is C16H23BrN2O. The molecule has 1 aliphatic heterocycles. The van der Waals surface area contributed by atoms with Gasteiger partial charge in [-0.3, -0.25) is 0 Å². The normalized spacial score (nSPS) is 29.6. The molecule has 3 nitrogen and oxygen atoms in total. The maximum Gasteiger partial charge on any atom is 0.133 e. The highest BCUT2D eigenvalue weighted by atomic mass is 79.9. The van der Waals surface area contributed by atoms with Crippen molar-refractivity contribution in [1.82, 2.24) is 5.32 Å². The van der Waals surface area contributed by atoms with Crippen LogP contribution in [0.2, 0.25) is 0 Å². The van der Waals surface area contributed by atoms with Crippen molar-refractivity contribution < 1.29 is 4.74 Å². The Kier molecular flexibility index (Phi) is 4.51. The summed E-state index contributed by atoms with van der Waals surface area (Å²) in [5.74, 6) is 1.66. The van der Waals surface area contributed by atoms with Crippen molar-refractivity contribution in [3.8, 4) is 5.75 Å². The molecule has 3 unspecified atom stereocenters. The lowest BCUT2D eigenvalue weighted by Crippen LogP contribution is -2.38. The zero-order valence-corrected chi connectivity index (χ0v) is 13.6. The van der Waals surface area contributed by atoms with Crippen molar-refractivity contribution in [2.24, 2.45) is 5.92 Å². The fourth-order valence-corrected chi connectivity index (χ4v) is 4.24. The predicted molar refractivity (Wildman–Crippen MR) is 86.5 cm³/mol. The Morgan fingerprint density at radius 1 is 1.25 bits per heavy atom. The van der Waals surface area contributed by atoms with Crippen LogP contribution in [0.15, 0.2) is 22.7 Å². The topological polar surface area (TPSA) is 33.3 Å². The van der Waals surface area contributed by atoms with Gasteiger partial charge in [0.1, 0.15) is 5.75 Å². The standard InChI is InChI=1S/C16H23BrN2O/c1-20-16-8-7-11(10-13(16)17)19-15-5-2-4-12(15)14-6-3-9-18-14/h7-8,10,12,14-15,18-19H,2-6,9H2,1H3. The summed E-state index contributed by atoms with van der Waals surface area (Å²) in [5.41, 5.74) is 1.19. The summed E-state index contributed by atoms with van der Waals surface area (Å²) >= 11 is 3.56. The van der Waals surface area contributed by atoms with E-state index in [-0.39, 0.29) is 0 Å². The summed E-state index contributed by atoms with van der Waals surface area (Å²) in [6.45, 7) is 1.20. The molecule has 1 saturated heterocycles. The fraction of sp³-hybridized carbons (Fsp3) is 0.625. The Hall–Kier alpha value is -0.740. The number of halogens is 1. The van der Waals surface area contributed by atoms with E-state index in [1.54, 1.807) is 7.11 Å². The van der Waals surface area contributed by atoms with Crippen molar-refractivity contribution >= 4 is 21.6 Å². The summed E-state index contributed by atoms with van der Waals surface area (Å²) in [6.07, 6.45) is 6.66. The van der Waals surface area contributed by atoms with Crippen LogP contribution < -0.4 is 15.4 Å². The van der Waals surface area contributed by atoms with E-state index in [2.05, 4.69) is 38.7 Å². The molecule has 110 valence electrons. The van der Waals surface area contributed by atoms with Crippen LogP contribution in [0.25, 0.3) is 0 Å². The van der Waals surface area contributed by atoms with Gasteiger partial charge >= 0.3 is 0 Å². The Bertz CT molecular complexity index is 460. The molecule has 20 heavy (non-hydrogen) atoms. The van der Waals surface area contributed by atoms with Crippen LogP contribution in [0.4, 0.5) is 5.69 Å². The van der Waals surface area contributed by atoms with Gasteiger partial charge in [0.25, 0.3) is 0 Å². The van der Waals surface area contributed by atoms with E-state index < -0.39 is 0 Å². The quantitative estimate of drug-likeness (QED) is 0.876. The summed E-state index contributed by atoms with van der Waals surface area (Å²) in [5, 5.41) is 7.41. The van der Waals surface area contributed by atoms with Gasteiger partial charge in [0.15, 0.2) is 0 Å². The zero-order chi connectivity index (χ0) is 13.9. The van der Waals surface area contributed by atoms with Gasteiger partial charge in [-0.05, 0) is 72.3 Å². The Labute approximate surface area is 129 Å². The van der Waals surface area contributed by atoms with Crippen molar-refractivity contribution in [3.05, 3.63) is 22.7 Å². The van der Waals surface area contributed by atoms with E-state index in [9.17, 15) is 0 Å². The molecule has 2 fully saturated rings. The second kappa shape index (κ2) is 6.35. The van der Waals surface area contributed by atoms with Crippen LogP contribution >= 0.6 is 15.9 Å². The lowest BCUT2D eigenvalue weighted by Gasteiger charge is -2.27. The van der Waals surface area contributed by atoms with Crippen molar-refractivity contribution in [1.29, 1.82) is 0 Å². The lowest BCUT2D eigenvalue weighted by atomic mass is 9.93. The minimum Gasteiger partial charge on any atom is -0.496 e. The first-order chi connectivity index (χ1) is 9.78. The van der Waals surface area contributed by atoms with Gasteiger partial charge in [0.2, 0.25) is 0 Å². The van der Waals surface area contributed by atoms with Crippen LogP contribution in [0, 0.1) is 5.92 Å². The van der Waals surface area contributed by atoms with Crippen molar-refractivity contribution in [3.63, 3.8) is 0 Å². The van der Waals surface area contributed by atoms with Gasteiger partial charge in [0.05, 0.1) is 11.6 Å². The molecule has 2 aliphatic rings. The first-order valence-electron chi connectivity index (χ1n) is 7.61. The smallest absolute Gasteiger partial charge is 0.133 e. The molecular weight excluding hydrogens is 316 g/mol. The first-order valence-corrected chi connectivity index (χ1v) is 8.40. The molecule has 1 aliphatic carbocycles. The first kappa shape index (κ1) is 14.2. The van der Waals surface area contributed by atoms with Gasteiger partial charge in [-0.2, -0.15) is 0 Å². The molecule has 3 atom stereocenters. The van der Waals surface area contributed by atoms with Crippen molar-refractivity contribution in [2.45, 2.75) is 44.2 Å². The Morgan fingerprint density at radius 3 is 2.85 bits per heavy atom. The lowest BCUT2D eigenvalue weighted by molar-refractivity contribution is 0.376. The highest BCUT2D eigenvalue weighted by molar-refractivity contribution is 9.10. The van der Waals surface area contributed by atoms with E-state index in [0.717, 1.165) is 22.2 Å². The molecule has 4 heteroatoms. The largest absolute Gasteiger partial charge is 0.496 e. The fourth-order valence-electron chi connectivity index (χ4n) is 3.70. The minimum atomic E-state index is 0.603.